The molecule has 0 bridgehead atoms. The standard InChI is InChI=1S/C24H25ClN2O2/c25-20-14-19-4-3-18(15-23(19)26-16-20)17-5-7-21(8-6-17)29-22-9-11-27(12-10-22)24-2-1-13-28-24/h3-8,14-16,22,24H,1-2,9-13H2/t24-/m1/s1. The van der Waals surface area contributed by atoms with E-state index in [9.17, 15) is 0 Å². The van der Waals surface area contributed by atoms with Crippen LogP contribution in [0.4, 0.5) is 0 Å². The number of hydrogen-bond donors (Lipinski definition) is 0. The van der Waals surface area contributed by atoms with Gasteiger partial charge in [0.2, 0.25) is 0 Å². The Morgan fingerprint density at radius 2 is 1.76 bits per heavy atom. The minimum absolute atomic E-state index is 0.285. The Hall–Kier alpha value is -2.14. The summed E-state index contributed by atoms with van der Waals surface area (Å²) in [6.45, 7) is 3.03. The first-order valence-electron chi connectivity index (χ1n) is 10.4. The fraction of sp³-hybridized carbons (Fsp3) is 0.375. The van der Waals surface area contributed by atoms with E-state index in [4.69, 9.17) is 21.1 Å². The molecule has 2 aliphatic rings. The van der Waals surface area contributed by atoms with E-state index in [1.54, 1.807) is 6.20 Å². The Kier molecular flexibility index (Phi) is 5.40. The lowest BCUT2D eigenvalue weighted by molar-refractivity contribution is -0.0441. The number of piperidine rings is 1. The van der Waals surface area contributed by atoms with E-state index in [1.165, 1.54) is 12.8 Å². The van der Waals surface area contributed by atoms with Crippen LogP contribution in [-0.4, -0.2) is 41.9 Å². The van der Waals surface area contributed by atoms with Crippen molar-refractivity contribution in [3.63, 3.8) is 0 Å². The highest BCUT2D eigenvalue weighted by atomic mass is 35.5. The van der Waals surface area contributed by atoms with E-state index in [2.05, 4.69) is 52.3 Å². The summed E-state index contributed by atoms with van der Waals surface area (Å²) in [4.78, 5) is 6.90. The number of rotatable bonds is 4. The summed E-state index contributed by atoms with van der Waals surface area (Å²) < 4.78 is 12.1. The number of fused-ring (bicyclic) bond motifs is 1. The summed E-state index contributed by atoms with van der Waals surface area (Å²) in [5.74, 6) is 0.940. The van der Waals surface area contributed by atoms with Gasteiger partial charge in [0.15, 0.2) is 0 Å². The number of halogens is 1. The molecule has 4 nitrogen and oxygen atoms in total. The molecule has 1 aromatic heterocycles. The second kappa shape index (κ2) is 8.31. The van der Waals surface area contributed by atoms with Crippen molar-refractivity contribution in [1.29, 1.82) is 0 Å². The van der Waals surface area contributed by atoms with Crippen molar-refractivity contribution in [3.8, 4) is 16.9 Å². The van der Waals surface area contributed by atoms with Gasteiger partial charge in [-0.1, -0.05) is 35.9 Å². The molecule has 150 valence electrons. The SMILES string of the molecule is Clc1cnc2cc(-c3ccc(OC4CCN([C@H]5CCCO5)CC4)cc3)ccc2c1. The number of nitrogens with zero attached hydrogens (tertiary/aromatic N) is 2. The molecule has 0 spiro atoms. The second-order valence-corrected chi connectivity index (χ2v) is 8.34. The number of pyridine rings is 1. The van der Waals surface area contributed by atoms with E-state index < -0.39 is 0 Å². The van der Waals surface area contributed by atoms with Crippen molar-refractivity contribution in [1.82, 2.24) is 9.88 Å². The third-order valence-electron chi connectivity index (χ3n) is 5.93. The molecule has 0 amide bonds. The zero-order valence-corrected chi connectivity index (χ0v) is 17.1. The van der Waals surface area contributed by atoms with E-state index >= 15 is 0 Å². The zero-order valence-electron chi connectivity index (χ0n) is 16.4. The third-order valence-corrected chi connectivity index (χ3v) is 6.14. The minimum Gasteiger partial charge on any atom is -0.490 e. The number of ether oxygens (including phenoxy) is 2. The van der Waals surface area contributed by atoms with Crippen LogP contribution in [0.25, 0.3) is 22.0 Å². The van der Waals surface area contributed by atoms with E-state index in [0.717, 1.165) is 60.3 Å². The van der Waals surface area contributed by atoms with Crippen LogP contribution < -0.4 is 4.74 Å². The Bertz CT molecular complexity index is 978. The van der Waals surface area contributed by atoms with Gasteiger partial charge in [-0.3, -0.25) is 9.88 Å². The quantitative estimate of drug-likeness (QED) is 0.568. The molecule has 0 saturated carbocycles. The Balaban J connectivity index is 1.22. The first-order chi connectivity index (χ1) is 14.2. The van der Waals surface area contributed by atoms with Crippen molar-refractivity contribution in [2.75, 3.05) is 19.7 Å². The number of likely N-dealkylation sites (tertiary alicyclic amines) is 1. The molecule has 5 rings (SSSR count). The molecule has 2 fully saturated rings. The fourth-order valence-corrected chi connectivity index (χ4v) is 4.49. The Morgan fingerprint density at radius 3 is 2.52 bits per heavy atom. The molecule has 3 heterocycles. The molecule has 0 unspecified atom stereocenters. The van der Waals surface area contributed by atoms with Gasteiger partial charge in [0.05, 0.1) is 10.5 Å². The van der Waals surface area contributed by atoms with Gasteiger partial charge in [-0.15, -0.1) is 0 Å². The summed E-state index contributed by atoms with van der Waals surface area (Å²) in [5, 5.41) is 1.71. The number of benzene rings is 2. The van der Waals surface area contributed by atoms with Crippen molar-refractivity contribution in [3.05, 3.63) is 59.8 Å². The molecular weight excluding hydrogens is 384 g/mol. The monoisotopic (exact) mass is 408 g/mol. The molecule has 2 aromatic carbocycles. The summed E-state index contributed by atoms with van der Waals surface area (Å²) in [6, 6.07) is 16.6. The Morgan fingerprint density at radius 1 is 0.966 bits per heavy atom. The lowest BCUT2D eigenvalue weighted by atomic mass is 10.0. The maximum Gasteiger partial charge on any atom is 0.119 e. The molecule has 29 heavy (non-hydrogen) atoms. The van der Waals surface area contributed by atoms with Gasteiger partial charge < -0.3 is 9.47 Å². The van der Waals surface area contributed by atoms with Crippen LogP contribution in [0.15, 0.2) is 54.7 Å². The topological polar surface area (TPSA) is 34.6 Å². The number of aromatic nitrogens is 1. The van der Waals surface area contributed by atoms with Crippen molar-refractivity contribution >= 4 is 22.5 Å². The predicted molar refractivity (Wildman–Crippen MR) is 116 cm³/mol. The average molecular weight is 409 g/mol. The molecule has 1 atom stereocenters. The van der Waals surface area contributed by atoms with Crippen LogP contribution in [0.5, 0.6) is 5.75 Å². The highest BCUT2D eigenvalue weighted by Crippen LogP contribution is 2.28. The summed E-state index contributed by atoms with van der Waals surface area (Å²) in [6.07, 6.45) is 6.78. The van der Waals surface area contributed by atoms with Gasteiger partial charge in [-0.2, -0.15) is 0 Å². The van der Waals surface area contributed by atoms with Crippen LogP contribution in [0, 0.1) is 0 Å². The molecule has 0 N–H and O–H groups in total. The summed E-state index contributed by atoms with van der Waals surface area (Å²) in [7, 11) is 0. The third kappa shape index (κ3) is 4.25. The van der Waals surface area contributed by atoms with Crippen LogP contribution in [0.2, 0.25) is 5.02 Å². The van der Waals surface area contributed by atoms with Gasteiger partial charge in [-0.25, -0.2) is 0 Å². The largest absolute Gasteiger partial charge is 0.490 e. The molecule has 0 aliphatic carbocycles. The summed E-state index contributed by atoms with van der Waals surface area (Å²) in [5.41, 5.74) is 3.25. The highest BCUT2D eigenvalue weighted by Gasteiger charge is 2.28. The zero-order chi connectivity index (χ0) is 19.6. The first-order valence-corrected chi connectivity index (χ1v) is 10.8. The second-order valence-electron chi connectivity index (χ2n) is 7.91. The van der Waals surface area contributed by atoms with Crippen LogP contribution in [0.3, 0.4) is 0 Å². The molecule has 2 aliphatic heterocycles. The van der Waals surface area contributed by atoms with Crippen molar-refractivity contribution < 1.29 is 9.47 Å². The van der Waals surface area contributed by atoms with E-state index in [-0.39, 0.29) is 6.10 Å². The molecular formula is C24H25ClN2O2. The van der Waals surface area contributed by atoms with Crippen LogP contribution in [0.1, 0.15) is 25.7 Å². The lowest BCUT2D eigenvalue weighted by Crippen LogP contribution is -2.43. The van der Waals surface area contributed by atoms with Gasteiger partial charge in [0.25, 0.3) is 0 Å². The first kappa shape index (κ1) is 18.9. The van der Waals surface area contributed by atoms with Crippen molar-refractivity contribution in [2.45, 2.75) is 38.0 Å². The Labute approximate surface area is 176 Å². The maximum atomic E-state index is 6.25. The molecule has 2 saturated heterocycles. The van der Waals surface area contributed by atoms with E-state index in [0.29, 0.717) is 11.3 Å². The molecule has 5 heteroatoms. The molecule has 3 aromatic rings. The van der Waals surface area contributed by atoms with Gasteiger partial charge in [0.1, 0.15) is 18.1 Å². The van der Waals surface area contributed by atoms with Crippen LogP contribution >= 0.6 is 11.6 Å². The fourth-order valence-electron chi connectivity index (χ4n) is 4.32. The maximum absolute atomic E-state index is 6.25. The summed E-state index contributed by atoms with van der Waals surface area (Å²) >= 11 is 6.03. The van der Waals surface area contributed by atoms with Gasteiger partial charge in [0, 0.05) is 31.3 Å². The highest BCUT2D eigenvalue weighted by molar-refractivity contribution is 6.31. The van der Waals surface area contributed by atoms with Gasteiger partial charge >= 0.3 is 0 Å². The normalized spacial score (nSPS) is 20.9. The average Bonchev–Trinajstić information content (AvgIpc) is 3.29. The van der Waals surface area contributed by atoms with Crippen molar-refractivity contribution in [2.24, 2.45) is 0 Å². The lowest BCUT2D eigenvalue weighted by Gasteiger charge is -2.35. The molecule has 0 radical (unpaired) electrons. The smallest absolute Gasteiger partial charge is 0.119 e. The van der Waals surface area contributed by atoms with Gasteiger partial charge in [-0.05, 0) is 61.1 Å². The minimum atomic E-state index is 0.285. The predicted octanol–water partition coefficient (Wildman–Crippen LogP) is 5.53. The van der Waals surface area contributed by atoms with Crippen LogP contribution in [-0.2, 0) is 4.74 Å². The van der Waals surface area contributed by atoms with E-state index in [1.807, 2.05) is 6.07 Å². The number of hydrogen-bond acceptors (Lipinski definition) is 4.